The van der Waals surface area contributed by atoms with Gasteiger partial charge in [0.05, 0.1) is 18.8 Å². The number of epoxide rings is 1. The maximum absolute atomic E-state index is 11.3. The first-order valence-corrected chi connectivity index (χ1v) is 10.3. The second-order valence-corrected chi connectivity index (χ2v) is 6.80. The molecule has 1 fully saturated rings. The van der Waals surface area contributed by atoms with Gasteiger partial charge in [-0.05, 0) is 38.5 Å². The standard InChI is InChI=1S/C22H37NO3/c1-2-3-12-15-20-21(26-20)16-13-10-8-6-4-5-7-9-11-14-17-22(25)23-18-19-24/h4,6-7,9-10,13,20-21,24H,2-3,5,8,11-12,14-19H2,1H3,(H,23,25). The van der Waals surface area contributed by atoms with Crippen LogP contribution in [0, 0.1) is 0 Å². The van der Waals surface area contributed by atoms with E-state index >= 15 is 0 Å². The summed E-state index contributed by atoms with van der Waals surface area (Å²) in [6.45, 7) is 2.59. The first-order valence-electron chi connectivity index (χ1n) is 10.3. The minimum absolute atomic E-state index is 0.00108. The van der Waals surface area contributed by atoms with Crippen LogP contribution < -0.4 is 5.32 Å². The predicted molar refractivity (Wildman–Crippen MR) is 108 cm³/mol. The minimum atomic E-state index is 0.00108. The Morgan fingerprint density at radius 3 is 2.46 bits per heavy atom. The number of amides is 1. The average molecular weight is 364 g/mol. The van der Waals surface area contributed by atoms with Crippen molar-refractivity contribution in [3.8, 4) is 0 Å². The summed E-state index contributed by atoms with van der Waals surface area (Å²) in [5.74, 6) is 0.0167. The van der Waals surface area contributed by atoms with Crippen LogP contribution in [0.25, 0.3) is 0 Å². The molecule has 1 saturated heterocycles. The molecular formula is C22H37NO3. The topological polar surface area (TPSA) is 61.9 Å². The monoisotopic (exact) mass is 363 g/mol. The molecule has 0 radical (unpaired) electrons. The van der Waals surface area contributed by atoms with Gasteiger partial charge in [-0.3, -0.25) is 4.79 Å². The highest BCUT2D eigenvalue weighted by Crippen LogP contribution is 2.30. The third kappa shape index (κ3) is 12.9. The largest absolute Gasteiger partial charge is 0.395 e. The first-order chi connectivity index (χ1) is 12.8. The van der Waals surface area contributed by atoms with E-state index in [9.17, 15) is 4.79 Å². The van der Waals surface area contributed by atoms with Crippen molar-refractivity contribution in [3.63, 3.8) is 0 Å². The van der Waals surface area contributed by atoms with E-state index in [1.807, 2.05) is 0 Å². The molecule has 2 N–H and O–H groups in total. The second-order valence-electron chi connectivity index (χ2n) is 6.80. The zero-order valence-corrected chi connectivity index (χ0v) is 16.4. The van der Waals surface area contributed by atoms with Crippen LogP contribution in [-0.2, 0) is 9.53 Å². The SMILES string of the molecule is CCCCCC1OC1CC=CCC=CCC=CCCCC(=O)NCCO. The van der Waals surface area contributed by atoms with Crippen LogP contribution in [-0.4, -0.2) is 36.4 Å². The minimum Gasteiger partial charge on any atom is -0.395 e. The van der Waals surface area contributed by atoms with Crippen LogP contribution in [0.15, 0.2) is 36.5 Å². The molecule has 2 atom stereocenters. The molecule has 4 nitrogen and oxygen atoms in total. The number of carbonyl (C=O) groups excluding carboxylic acids is 1. The van der Waals surface area contributed by atoms with Crippen LogP contribution in [0.3, 0.4) is 0 Å². The zero-order valence-electron chi connectivity index (χ0n) is 16.4. The van der Waals surface area contributed by atoms with Crippen molar-refractivity contribution in [2.75, 3.05) is 13.2 Å². The Balaban J connectivity index is 1.89. The molecule has 26 heavy (non-hydrogen) atoms. The summed E-state index contributed by atoms with van der Waals surface area (Å²) in [5.41, 5.74) is 0. The molecule has 1 aliphatic heterocycles. The van der Waals surface area contributed by atoms with Gasteiger partial charge < -0.3 is 15.2 Å². The number of rotatable bonds is 16. The Hall–Kier alpha value is -1.39. The van der Waals surface area contributed by atoms with E-state index in [0.717, 1.165) is 32.1 Å². The summed E-state index contributed by atoms with van der Waals surface area (Å²) >= 11 is 0. The van der Waals surface area contributed by atoms with Crippen LogP contribution in [0.2, 0.25) is 0 Å². The number of aliphatic hydroxyl groups is 1. The third-order valence-electron chi connectivity index (χ3n) is 4.40. The highest BCUT2D eigenvalue weighted by molar-refractivity contribution is 5.75. The fourth-order valence-electron chi connectivity index (χ4n) is 2.79. The van der Waals surface area contributed by atoms with Crippen LogP contribution in [0.4, 0.5) is 0 Å². The fourth-order valence-corrected chi connectivity index (χ4v) is 2.79. The van der Waals surface area contributed by atoms with E-state index in [-0.39, 0.29) is 12.5 Å². The highest BCUT2D eigenvalue weighted by atomic mass is 16.6. The lowest BCUT2D eigenvalue weighted by Crippen LogP contribution is -2.25. The zero-order chi connectivity index (χ0) is 18.9. The Morgan fingerprint density at radius 2 is 1.73 bits per heavy atom. The third-order valence-corrected chi connectivity index (χ3v) is 4.40. The number of carbonyl (C=O) groups is 1. The van der Waals surface area contributed by atoms with Crippen molar-refractivity contribution >= 4 is 5.91 Å². The van der Waals surface area contributed by atoms with Crippen molar-refractivity contribution < 1.29 is 14.6 Å². The van der Waals surface area contributed by atoms with E-state index in [1.165, 1.54) is 25.7 Å². The van der Waals surface area contributed by atoms with Crippen LogP contribution >= 0.6 is 0 Å². The van der Waals surface area contributed by atoms with E-state index in [1.54, 1.807) is 0 Å². The molecule has 1 heterocycles. The molecule has 0 aliphatic carbocycles. The van der Waals surface area contributed by atoms with Gasteiger partial charge in [0.15, 0.2) is 0 Å². The molecule has 0 spiro atoms. The molecule has 0 aromatic carbocycles. The quantitative estimate of drug-likeness (QED) is 0.242. The van der Waals surface area contributed by atoms with Crippen LogP contribution in [0.5, 0.6) is 0 Å². The number of aliphatic hydroxyl groups excluding tert-OH is 1. The number of hydrogen-bond acceptors (Lipinski definition) is 3. The molecule has 0 aromatic heterocycles. The van der Waals surface area contributed by atoms with Gasteiger partial charge >= 0.3 is 0 Å². The molecule has 4 heteroatoms. The van der Waals surface area contributed by atoms with Crippen molar-refractivity contribution in [2.45, 2.75) is 83.3 Å². The number of ether oxygens (including phenoxy) is 1. The van der Waals surface area contributed by atoms with Crippen molar-refractivity contribution in [3.05, 3.63) is 36.5 Å². The van der Waals surface area contributed by atoms with Crippen molar-refractivity contribution in [1.82, 2.24) is 5.32 Å². The van der Waals surface area contributed by atoms with Gasteiger partial charge in [0.25, 0.3) is 0 Å². The molecular weight excluding hydrogens is 326 g/mol. The molecule has 1 amide bonds. The second kappa shape index (κ2) is 15.8. The molecule has 0 bridgehead atoms. The van der Waals surface area contributed by atoms with E-state index < -0.39 is 0 Å². The lowest BCUT2D eigenvalue weighted by Gasteiger charge is -2.00. The predicted octanol–water partition coefficient (Wildman–Crippen LogP) is 4.45. The van der Waals surface area contributed by atoms with E-state index in [2.05, 4.69) is 48.7 Å². The van der Waals surface area contributed by atoms with Crippen LogP contribution in [0.1, 0.15) is 71.1 Å². The van der Waals surface area contributed by atoms with Gasteiger partial charge in [-0.15, -0.1) is 0 Å². The van der Waals surface area contributed by atoms with Gasteiger partial charge in [0, 0.05) is 13.0 Å². The Bertz CT molecular complexity index is 443. The maximum Gasteiger partial charge on any atom is 0.220 e. The maximum atomic E-state index is 11.3. The van der Waals surface area contributed by atoms with Crippen molar-refractivity contribution in [1.29, 1.82) is 0 Å². The van der Waals surface area contributed by atoms with Crippen molar-refractivity contribution in [2.24, 2.45) is 0 Å². The van der Waals surface area contributed by atoms with Gasteiger partial charge in [0.1, 0.15) is 0 Å². The number of unbranched alkanes of at least 4 members (excludes halogenated alkanes) is 3. The molecule has 0 saturated carbocycles. The summed E-state index contributed by atoms with van der Waals surface area (Å²) in [4.78, 5) is 11.3. The summed E-state index contributed by atoms with van der Waals surface area (Å²) < 4.78 is 5.67. The fraction of sp³-hybridized carbons (Fsp3) is 0.682. The number of allylic oxidation sites excluding steroid dienone is 5. The summed E-state index contributed by atoms with van der Waals surface area (Å²) in [6, 6.07) is 0. The Morgan fingerprint density at radius 1 is 1.00 bits per heavy atom. The molecule has 2 unspecified atom stereocenters. The summed E-state index contributed by atoms with van der Waals surface area (Å²) in [6.07, 6.45) is 24.5. The van der Waals surface area contributed by atoms with Gasteiger partial charge in [-0.1, -0.05) is 62.6 Å². The number of hydrogen-bond donors (Lipinski definition) is 2. The molecule has 148 valence electrons. The molecule has 1 aliphatic rings. The molecule has 0 aromatic rings. The Kier molecular flexibility index (Phi) is 13.8. The summed E-state index contributed by atoms with van der Waals surface area (Å²) in [5, 5.41) is 11.3. The highest BCUT2D eigenvalue weighted by Gasteiger charge is 2.36. The van der Waals surface area contributed by atoms with Gasteiger partial charge in [-0.25, -0.2) is 0 Å². The average Bonchev–Trinajstić information content (AvgIpc) is 3.39. The van der Waals surface area contributed by atoms with Gasteiger partial charge in [-0.2, -0.15) is 0 Å². The van der Waals surface area contributed by atoms with Gasteiger partial charge in [0.2, 0.25) is 5.91 Å². The van der Waals surface area contributed by atoms with E-state index in [0.29, 0.717) is 25.2 Å². The normalized spacial score (nSPS) is 19.8. The first kappa shape index (κ1) is 22.7. The number of nitrogens with one attached hydrogen (secondary N) is 1. The van der Waals surface area contributed by atoms with E-state index in [4.69, 9.17) is 9.84 Å². The summed E-state index contributed by atoms with van der Waals surface area (Å²) in [7, 11) is 0. The smallest absolute Gasteiger partial charge is 0.220 e. The lowest BCUT2D eigenvalue weighted by atomic mass is 10.1. The molecule has 1 rings (SSSR count). The lowest BCUT2D eigenvalue weighted by molar-refractivity contribution is -0.121. The Labute approximate surface area is 159 Å².